The Hall–Kier alpha value is -2.45. The number of nitrogens with one attached hydrogen (secondary N) is 1. The number of aromatic nitrogens is 2. The lowest BCUT2D eigenvalue weighted by molar-refractivity contribution is 0.403. The molecule has 6 nitrogen and oxygen atoms in total. The molecule has 3 aromatic rings. The van der Waals surface area contributed by atoms with Gasteiger partial charge in [-0.3, -0.25) is 14.7 Å². The van der Waals surface area contributed by atoms with Gasteiger partial charge in [0, 0.05) is 28.6 Å². The van der Waals surface area contributed by atoms with E-state index in [2.05, 4.69) is 30.6 Å². The van der Waals surface area contributed by atoms with E-state index in [1.54, 1.807) is 36.8 Å². The van der Waals surface area contributed by atoms with Gasteiger partial charge in [-0.25, -0.2) is 8.42 Å². The van der Waals surface area contributed by atoms with Crippen LogP contribution in [0.2, 0.25) is 0 Å². The van der Waals surface area contributed by atoms with E-state index in [1.165, 1.54) is 19.4 Å². The van der Waals surface area contributed by atoms with Crippen molar-refractivity contribution in [2.45, 2.75) is 4.90 Å². The molecule has 128 valence electrons. The van der Waals surface area contributed by atoms with Crippen molar-refractivity contribution in [3.63, 3.8) is 0 Å². The molecular weight excluding hydrogens is 406 g/mol. The first-order chi connectivity index (χ1) is 12.0. The van der Waals surface area contributed by atoms with E-state index in [-0.39, 0.29) is 10.6 Å². The minimum absolute atomic E-state index is 0.0405. The van der Waals surface area contributed by atoms with Crippen LogP contribution in [0.3, 0.4) is 0 Å². The average molecular weight is 420 g/mol. The van der Waals surface area contributed by atoms with Gasteiger partial charge in [0.15, 0.2) is 0 Å². The summed E-state index contributed by atoms with van der Waals surface area (Å²) in [7, 11) is -2.41. The summed E-state index contributed by atoms with van der Waals surface area (Å²) in [6.07, 6.45) is 6.44. The van der Waals surface area contributed by atoms with E-state index in [0.29, 0.717) is 10.2 Å². The molecule has 3 rings (SSSR count). The number of anilines is 1. The lowest BCUT2D eigenvalue weighted by atomic mass is 10.1. The fourth-order valence-corrected chi connectivity index (χ4v) is 4.01. The van der Waals surface area contributed by atoms with Gasteiger partial charge in [-0.2, -0.15) is 0 Å². The molecule has 0 aliphatic heterocycles. The van der Waals surface area contributed by atoms with Crippen molar-refractivity contribution in [3.05, 3.63) is 65.7 Å². The molecule has 0 amide bonds. The first-order valence-electron chi connectivity index (χ1n) is 7.21. The first-order valence-corrected chi connectivity index (χ1v) is 9.49. The molecule has 0 saturated heterocycles. The Bertz CT molecular complexity index is 995. The van der Waals surface area contributed by atoms with Gasteiger partial charge in [-0.1, -0.05) is 15.9 Å². The molecule has 0 fully saturated rings. The molecule has 2 aromatic heterocycles. The summed E-state index contributed by atoms with van der Waals surface area (Å²) in [5.41, 5.74) is 2.03. The highest BCUT2D eigenvalue weighted by Crippen LogP contribution is 2.29. The Balaban J connectivity index is 1.96. The van der Waals surface area contributed by atoms with Crippen LogP contribution in [-0.4, -0.2) is 25.5 Å². The Morgan fingerprint density at radius 2 is 1.76 bits per heavy atom. The third-order valence-corrected chi connectivity index (χ3v) is 5.32. The van der Waals surface area contributed by atoms with Crippen molar-refractivity contribution in [1.82, 2.24) is 9.97 Å². The predicted octanol–water partition coefficient (Wildman–Crippen LogP) is 3.72. The zero-order valence-electron chi connectivity index (χ0n) is 13.2. The van der Waals surface area contributed by atoms with E-state index in [1.807, 2.05) is 12.1 Å². The number of sulfonamides is 1. The summed E-state index contributed by atoms with van der Waals surface area (Å²) >= 11 is 3.28. The smallest absolute Gasteiger partial charge is 0.265 e. The minimum Gasteiger partial charge on any atom is -0.495 e. The zero-order valence-corrected chi connectivity index (χ0v) is 15.6. The lowest BCUT2D eigenvalue weighted by Crippen LogP contribution is -2.14. The highest BCUT2D eigenvalue weighted by molar-refractivity contribution is 9.10. The Morgan fingerprint density at radius 1 is 1.00 bits per heavy atom. The molecule has 0 atom stereocenters. The summed E-state index contributed by atoms with van der Waals surface area (Å²) in [4.78, 5) is 8.12. The number of methoxy groups -OCH3 is 1. The van der Waals surface area contributed by atoms with Gasteiger partial charge in [0.25, 0.3) is 10.0 Å². The van der Waals surface area contributed by atoms with Crippen LogP contribution in [0.5, 0.6) is 5.75 Å². The minimum atomic E-state index is -3.83. The molecule has 8 heteroatoms. The largest absolute Gasteiger partial charge is 0.495 e. The zero-order chi connectivity index (χ0) is 17.9. The first kappa shape index (κ1) is 17.4. The van der Waals surface area contributed by atoms with Gasteiger partial charge in [-0.15, -0.1) is 0 Å². The highest BCUT2D eigenvalue weighted by Gasteiger charge is 2.20. The lowest BCUT2D eigenvalue weighted by Gasteiger charge is -2.12. The SMILES string of the molecule is COc1ccc(Br)cc1S(=O)(=O)Nc1cncc(-c2ccncc2)c1. The van der Waals surface area contributed by atoms with E-state index in [9.17, 15) is 8.42 Å². The second-order valence-electron chi connectivity index (χ2n) is 5.10. The number of rotatable bonds is 5. The molecule has 0 saturated carbocycles. The number of pyridine rings is 2. The van der Waals surface area contributed by atoms with Gasteiger partial charge in [0.05, 0.1) is 19.0 Å². The summed E-state index contributed by atoms with van der Waals surface area (Å²) in [5, 5.41) is 0. The molecule has 0 aliphatic rings. The Kier molecular flexibility index (Phi) is 5.00. The third kappa shape index (κ3) is 3.97. The fraction of sp³-hybridized carbons (Fsp3) is 0.0588. The van der Waals surface area contributed by atoms with Crippen molar-refractivity contribution in [2.24, 2.45) is 0 Å². The van der Waals surface area contributed by atoms with E-state index in [0.717, 1.165) is 11.1 Å². The molecule has 0 radical (unpaired) electrons. The van der Waals surface area contributed by atoms with Crippen LogP contribution >= 0.6 is 15.9 Å². The second-order valence-corrected chi connectivity index (χ2v) is 7.67. The van der Waals surface area contributed by atoms with Crippen LogP contribution in [-0.2, 0) is 10.0 Å². The van der Waals surface area contributed by atoms with E-state index >= 15 is 0 Å². The van der Waals surface area contributed by atoms with Gasteiger partial charge in [0.1, 0.15) is 10.6 Å². The number of halogens is 1. The van der Waals surface area contributed by atoms with Crippen molar-refractivity contribution in [1.29, 1.82) is 0 Å². The van der Waals surface area contributed by atoms with Crippen LogP contribution in [0.15, 0.2) is 70.6 Å². The highest BCUT2D eigenvalue weighted by atomic mass is 79.9. The Labute approximate surface area is 154 Å². The standard InChI is InChI=1S/C17H14BrN3O3S/c1-24-16-3-2-14(18)9-17(16)25(22,23)21-15-8-13(10-20-11-15)12-4-6-19-7-5-12/h2-11,21H,1H3. The van der Waals surface area contributed by atoms with Gasteiger partial charge in [0.2, 0.25) is 0 Å². The van der Waals surface area contributed by atoms with Gasteiger partial charge in [-0.05, 0) is 42.0 Å². The van der Waals surface area contributed by atoms with Gasteiger partial charge < -0.3 is 4.74 Å². The van der Waals surface area contributed by atoms with Crippen LogP contribution in [0.1, 0.15) is 0 Å². The quantitative estimate of drug-likeness (QED) is 0.681. The number of benzene rings is 1. The molecule has 2 heterocycles. The Morgan fingerprint density at radius 3 is 2.48 bits per heavy atom. The monoisotopic (exact) mass is 419 g/mol. The summed E-state index contributed by atoms with van der Waals surface area (Å²) in [6.45, 7) is 0. The topological polar surface area (TPSA) is 81.2 Å². The molecule has 1 aromatic carbocycles. The molecule has 0 aliphatic carbocycles. The maximum atomic E-state index is 12.7. The van der Waals surface area contributed by atoms with Crippen LogP contribution < -0.4 is 9.46 Å². The fourth-order valence-electron chi connectivity index (χ4n) is 2.27. The van der Waals surface area contributed by atoms with Crippen LogP contribution in [0, 0.1) is 0 Å². The van der Waals surface area contributed by atoms with Crippen LogP contribution in [0.25, 0.3) is 11.1 Å². The summed E-state index contributed by atoms with van der Waals surface area (Å²) in [6, 6.07) is 10.2. The molecular formula is C17H14BrN3O3S. The molecule has 0 unspecified atom stereocenters. The maximum absolute atomic E-state index is 12.7. The second kappa shape index (κ2) is 7.20. The van der Waals surface area contributed by atoms with Crippen LogP contribution in [0.4, 0.5) is 5.69 Å². The van der Waals surface area contributed by atoms with Crippen molar-refractivity contribution in [3.8, 4) is 16.9 Å². The third-order valence-electron chi connectivity index (χ3n) is 3.42. The number of hydrogen-bond donors (Lipinski definition) is 1. The van der Waals surface area contributed by atoms with Crippen molar-refractivity contribution in [2.75, 3.05) is 11.8 Å². The molecule has 0 spiro atoms. The van der Waals surface area contributed by atoms with Crippen molar-refractivity contribution >= 4 is 31.6 Å². The molecule has 25 heavy (non-hydrogen) atoms. The normalized spacial score (nSPS) is 11.1. The van der Waals surface area contributed by atoms with E-state index in [4.69, 9.17) is 4.74 Å². The number of hydrogen-bond acceptors (Lipinski definition) is 5. The summed E-state index contributed by atoms with van der Waals surface area (Å²) < 4.78 is 33.8. The van der Waals surface area contributed by atoms with Gasteiger partial charge >= 0.3 is 0 Å². The number of ether oxygens (including phenoxy) is 1. The number of nitrogens with zero attached hydrogens (tertiary/aromatic N) is 2. The van der Waals surface area contributed by atoms with E-state index < -0.39 is 10.0 Å². The molecule has 0 bridgehead atoms. The average Bonchev–Trinajstić information content (AvgIpc) is 2.62. The molecule has 1 N–H and O–H groups in total. The maximum Gasteiger partial charge on any atom is 0.265 e. The predicted molar refractivity (Wildman–Crippen MR) is 99.0 cm³/mol. The summed E-state index contributed by atoms with van der Waals surface area (Å²) in [5.74, 6) is 0.258. The van der Waals surface area contributed by atoms with Crippen molar-refractivity contribution < 1.29 is 13.2 Å².